The van der Waals surface area contributed by atoms with E-state index < -0.39 is 76.0 Å². The van der Waals surface area contributed by atoms with E-state index in [9.17, 15) is 29.7 Å². The molecule has 35 heavy (non-hydrogen) atoms. The van der Waals surface area contributed by atoms with E-state index in [1.165, 1.54) is 20.8 Å². The van der Waals surface area contributed by atoms with Crippen molar-refractivity contribution in [2.45, 2.75) is 83.9 Å². The normalized spacial score (nSPS) is 45.0. The standard InChI is InChI=1S/C26H36O9/c1-12-8-19-24(31,21(12)30)10-17(11-33-14(3)27)9-18-20-23(6,7)26(20,35-16(5)29)22(34-15(4)28)13(2)25(18,19)32/h8-9,13,18-22,30-32H,10-11H2,1-7H3. The van der Waals surface area contributed by atoms with Crippen LogP contribution in [0.3, 0.4) is 0 Å². The topological polar surface area (TPSA) is 140 Å². The Morgan fingerprint density at radius 3 is 2.23 bits per heavy atom. The largest absolute Gasteiger partial charge is 0.461 e. The van der Waals surface area contributed by atoms with E-state index in [0.29, 0.717) is 11.1 Å². The molecule has 0 bridgehead atoms. The van der Waals surface area contributed by atoms with Crippen LogP contribution in [-0.2, 0) is 28.6 Å². The molecule has 9 atom stereocenters. The molecular weight excluding hydrogens is 456 g/mol. The van der Waals surface area contributed by atoms with Gasteiger partial charge < -0.3 is 29.5 Å². The summed E-state index contributed by atoms with van der Waals surface area (Å²) < 4.78 is 16.9. The van der Waals surface area contributed by atoms with Crippen molar-refractivity contribution in [1.82, 2.24) is 0 Å². The molecule has 0 amide bonds. The number of aliphatic hydroxyl groups excluding tert-OH is 1. The molecule has 0 aromatic heterocycles. The number of hydrogen-bond acceptors (Lipinski definition) is 9. The van der Waals surface area contributed by atoms with Gasteiger partial charge in [0.1, 0.15) is 24.4 Å². The lowest BCUT2D eigenvalue weighted by Crippen LogP contribution is -2.66. The fourth-order valence-corrected chi connectivity index (χ4v) is 7.59. The molecule has 4 rings (SSSR count). The van der Waals surface area contributed by atoms with Gasteiger partial charge in [-0.15, -0.1) is 0 Å². The van der Waals surface area contributed by atoms with Gasteiger partial charge in [-0.2, -0.15) is 0 Å². The molecule has 4 aliphatic rings. The summed E-state index contributed by atoms with van der Waals surface area (Å²) >= 11 is 0. The van der Waals surface area contributed by atoms with E-state index in [1.54, 1.807) is 26.0 Å². The number of hydrogen-bond donors (Lipinski definition) is 3. The number of carbonyl (C=O) groups excluding carboxylic acids is 3. The Morgan fingerprint density at radius 1 is 1.06 bits per heavy atom. The van der Waals surface area contributed by atoms with E-state index in [0.717, 1.165) is 0 Å². The number of esters is 3. The SMILES string of the molecule is CC(=O)OCC1=CC2C3C(C)(C)C3(OC(C)=O)C(OC(C)=O)C(C)C2(O)C2C=C(C)C(O)C2(O)C1. The summed E-state index contributed by atoms with van der Waals surface area (Å²) in [5, 5.41) is 35.4. The highest BCUT2D eigenvalue weighted by Gasteiger charge is 2.87. The maximum Gasteiger partial charge on any atom is 0.303 e. The molecule has 0 heterocycles. The van der Waals surface area contributed by atoms with Crippen molar-refractivity contribution in [1.29, 1.82) is 0 Å². The van der Waals surface area contributed by atoms with Crippen LogP contribution in [0, 0.1) is 29.1 Å². The Labute approximate surface area is 205 Å². The van der Waals surface area contributed by atoms with Gasteiger partial charge in [-0.3, -0.25) is 14.4 Å². The average Bonchev–Trinajstić information content (AvgIpc) is 3.15. The molecule has 0 aliphatic heterocycles. The second kappa shape index (κ2) is 7.88. The minimum Gasteiger partial charge on any atom is -0.461 e. The van der Waals surface area contributed by atoms with E-state index >= 15 is 0 Å². The van der Waals surface area contributed by atoms with Crippen molar-refractivity contribution in [2.75, 3.05) is 6.61 Å². The molecule has 9 nitrogen and oxygen atoms in total. The second-order valence-corrected chi connectivity index (χ2v) is 11.4. The van der Waals surface area contributed by atoms with E-state index in [4.69, 9.17) is 14.2 Å². The second-order valence-electron chi connectivity index (χ2n) is 11.4. The van der Waals surface area contributed by atoms with Crippen molar-refractivity contribution in [3.05, 3.63) is 23.3 Å². The van der Waals surface area contributed by atoms with Gasteiger partial charge in [0.15, 0.2) is 5.60 Å². The third kappa shape index (κ3) is 3.34. The van der Waals surface area contributed by atoms with E-state index in [1.807, 2.05) is 13.8 Å². The maximum absolute atomic E-state index is 12.6. The highest BCUT2D eigenvalue weighted by atomic mass is 16.6. The smallest absolute Gasteiger partial charge is 0.303 e. The molecule has 2 saturated carbocycles. The predicted molar refractivity (Wildman–Crippen MR) is 122 cm³/mol. The molecular formula is C26H36O9. The average molecular weight is 493 g/mol. The van der Waals surface area contributed by atoms with Gasteiger partial charge in [0.2, 0.25) is 0 Å². The number of carbonyl (C=O) groups is 3. The third-order valence-corrected chi connectivity index (χ3v) is 9.03. The first-order valence-corrected chi connectivity index (χ1v) is 12.1. The van der Waals surface area contributed by atoms with Gasteiger partial charge in [-0.1, -0.05) is 32.9 Å². The van der Waals surface area contributed by atoms with Gasteiger partial charge in [-0.25, -0.2) is 0 Å². The number of fused-ring (bicyclic) bond motifs is 5. The summed E-state index contributed by atoms with van der Waals surface area (Å²) in [6, 6.07) is 0. The van der Waals surface area contributed by atoms with E-state index in [-0.39, 0.29) is 13.0 Å². The van der Waals surface area contributed by atoms with Crippen molar-refractivity contribution in [3.8, 4) is 0 Å². The molecule has 0 aromatic carbocycles. The van der Waals surface area contributed by atoms with Crippen molar-refractivity contribution in [3.63, 3.8) is 0 Å². The lowest BCUT2D eigenvalue weighted by Gasteiger charge is -2.53. The zero-order valence-corrected chi connectivity index (χ0v) is 21.3. The van der Waals surface area contributed by atoms with Crippen molar-refractivity contribution < 1.29 is 43.9 Å². The number of rotatable bonds is 4. The number of ether oxygens (including phenoxy) is 3. The van der Waals surface area contributed by atoms with Crippen LogP contribution in [0.5, 0.6) is 0 Å². The summed E-state index contributed by atoms with van der Waals surface area (Å²) in [7, 11) is 0. The lowest BCUT2D eigenvalue weighted by molar-refractivity contribution is -0.234. The first-order valence-electron chi connectivity index (χ1n) is 12.1. The quantitative estimate of drug-likeness (QED) is 0.302. The Hall–Kier alpha value is -2.23. The molecule has 0 aromatic rings. The minimum atomic E-state index is -1.77. The van der Waals surface area contributed by atoms with Crippen LogP contribution in [-0.4, -0.2) is 68.8 Å². The Bertz CT molecular complexity index is 1030. The summed E-state index contributed by atoms with van der Waals surface area (Å²) in [5.74, 6) is -4.43. The van der Waals surface area contributed by atoms with Crippen LogP contribution >= 0.6 is 0 Å². The van der Waals surface area contributed by atoms with Crippen LogP contribution in [0.1, 0.15) is 54.9 Å². The number of aliphatic hydroxyl groups is 3. The molecule has 2 fully saturated rings. The van der Waals surface area contributed by atoms with Crippen LogP contribution in [0.25, 0.3) is 0 Å². The summed E-state index contributed by atoms with van der Waals surface area (Å²) in [6.07, 6.45) is 1.23. The fraction of sp³-hybridized carbons (Fsp3) is 0.731. The Balaban J connectivity index is 1.94. The van der Waals surface area contributed by atoms with Gasteiger partial charge >= 0.3 is 17.9 Å². The van der Waals surface area contributed by atoms with Gasteiger partial charge in [0.05, 0.1) is 5.60 Å². The van der Waals surface area contributed by atoms with Gasteiger partial charge in [0.25, 0.3) is 0 Å². The molecule has 194 valence electrons. The van der Waals surface area contributed by atoms with Gasteiger partial charge in [-0.05, 0) is 18.1 Å². The van der Waals surface area contributed by atoms with E-state index in [2.05, 4.69) is 0 Å². The summed E-state index contributed by atoms with van der Waals surface area (Å²) in [4.78, 5) is 36.0. The van der Waals surface area contributed by atoms with Crippen molar-refractivity contribution >= 4 is 17.9 Å². The highest BCUT2D eigenvalue weighted by molar-refractivity contribution is 5.69. The first kappa shape index (κ1) is 25.9. The fourth-order valence-electron chi connectivity index (χ4n) is 7.59. The zero-order valence-electron chi connectivity index (χ0n) is 21.3. The maximum atomic E-state index is 12.6. The summed E-state index contributed by atoms with van der Waals surface area (Å²) in [5.41, 5.74) is -4.26. The van der Waals surface area contributed by atoms with Crippen LogP contribution in [0.4, 0.5) is 0 Å². The monoisotopic (exact) mass is 492 g/mol. The zero-order chi connectivity index (χ0) is 26.3. The summed E-state index contributed by atoms with van der Waals surface area (Å²) in [6.45, 7) is 10.9. The molecule has 9 unspecified atom stereocenters. The Morgan fingerprint density at radius 2 is 1.69 bits per heavy atom. The molecule has 3 N–H and O–H groups in total. The predicted octanol–water partition coefficient (Wildman–Crippen LogP) is 1.43. The lowest BCUT2D eigenvalue weighted by atomic mass is 9.59. The van der Waals surface area contributed by atoms with Gasteiger partial charge in [0, 0.05) is 56.3 Å². The molecule has 9 heteroatoms. The van der Waals surface area contributed by atoms with Crippen LogP contribution < -0.4 is 0 Å². The molecule has 0 spiro atoms. The Kier molecular flexibility index (Phi) is 5.82. The highest BCUT2D eigenvalue weighted by Crippen LogP contribution is 2.77. The molecule has 0 saturated heterocycles. The molecule has 4 aliphatic carbocycles. The van der Waals surface area contributed by atoms with Crippen LogP contribution in [0.15, 0.2) is 23.3 Å². The third-order valence-electron chi connectivity index (χ3n) is 9.03. The van der Waals surface area contributed by atoms with Crippen LogP contribution in [0.2, 0.25) is 0 Å². The van der Waals surface area contributed by atoms with Crippen molar-refractivity contribution in [2.24, 2.45) is 29.1 Å². The first-order chi connectivity index (χ1) is 16.0. The molecule has 0 radical (unpaired) electrons. The minimum absolute atomic E-state index is 0.0303.